The molecule has 0 aromatic rings. The molecule has 0 N–H and O–H groups in total. The third-order valence-corrected chi connectivity index (χ3v) is 5.07. The maximum atomic E-state index is 12.4. The molecule has 2 saturated heterocycles. The molecule has 1 aliphatic carbocycles. The van der Waals surface area contributed by atoms with E-state index in [9.17, 15) is 4.79 Å². The normalized spacial score (nSPS) is 28.9. The van der Waals surface area contributed by atoms with Crippen LogP contribution in [0.2, 0.25) is 0 Å². The number of methoxy groups -OCH3 is 1. The Kier molecular flexibility index (Phi) is 4.13. The number of rotatable bonds is 3. The number of piperidine rings is 1. The lowest BCUT2D eigenvalue weighted by Gasteiger charge is -2.38. The second-order valence-corrected chi connectivity index (χ2v) is 6.51. The van der Waals surface area contributed by atoms with Gasteiger partial charge in [0.2, 0.25) is 5.91 Å². The number of carbonyl (C=O) groups is 1. The van der Waals surface area contributed by atoms with E-state index in [0.717, 1.165) is 63.8 Å². The van der Waals surface area contributed by atoms with Crippen LogP contribution in [0, 0.1) is 5.41 Å². The zero-order valence-corrected chi connectivity index (χ0v) is 12.4. The molecule has 4 heteroatoms. The van der Waals surface area contributed by atoms with Crippen LogP contribution in [-0.2, 0) is 14.3 Å². The summed E-state index contributed by atoms with van der Waals surface area (Å²) in [5.74, 6) is 0.282. The van der Waals surface area contributed by atoms with Crippen molar-refractivity contribution in [2.45, 2.75) is 44.6 Å². The van der Waals surface area contributed by atoms with Crippen LogP contribution in [0.15, 0.2) is 11.6 Å². The van der Waals surface area contributed by atoms with Crippen molar-refractivity contribution in [3.8, 4) is 0 Å². The molecule has 1 spiro atoms. The number of hydrogen-bond acceptors (Lipinski definition) is 3. The van der Waals surface area contributed by atoms with E-state index in [1.807, 2.05) is 4.90 Å². The molecule has 0 unspecified atom stereocenters. The summed E-state index contributed by atoms with van der Waals surface area (Å²) in [5.41, 5.74) is 1.34. The molecule has 2 aliphatic heterocycles. The minimum Gasteiger partial charge on any atom is -0.382 e. The molecule has 2 heterocycles. The largest absolute Gasteiger partial charge is 0.382 e. The quantitative estimate of drug-likeness (QED) is 0.794. The molecule has 2 fully saturated rings. The fourth-order valence-corrected chi connectivity index (χ4v) is 3.79. The monoisotopic (exact) mass is 279 g/mol. The number of allylic oxidation sites excluding steroid dienone is 1. The van der Waals surface area contributed by atoms with E-state index in [0.29, 0.717) is 12.0 Å². The summed E-state index contributed by atoms with van der Waals surface area (Å²) in [6.45, 7) is 3.31. The van der Waals surface area contributed by atoms with E-state index >= 15 is 0 Å². The molecule has 0 aromatic heterocycles. The van der Waals surface area contributed by atoms with Gasteiger partial charge in [-0.25, -0.2) is 0 Å². The van der Waals surface area contributed by atoms with Gasteiger partial charge in [-0.15, -0.1) is 0 Å². The molecule has 20 heavy (non-hydrogen) atoms. The Morgan fingerprint density at radius 1 is 1.50 bits per heavy atom. The Bertz CT molecular complexity index is 397. The average molecular weight is 279 g/mol. The molecule has 0 radical (unpaired) electrons. The standard InChI is InChI=1S/C16H25NO3/c1-19-11-14-10-16(12-20-14)6-8-17(9-7-16)15(18)13-4-2-3-5-13/h4,14H,2-3,5-12H2,1H3/t14-/m0/s1. The summed E-state index contributed by atoms with van der Waals surface area (Å²) in [7, 11) is 1.73. The van der Waals surface area contributed by atoms with Crippen LogP contribution < -0.4 is 0 Å². The topological polar surface area (TPSA) is 38.8 Å². The van der Waals surface area contributed by atoms with Crippen molar-refractivity contribution in [3.63, 3.8) is 0 Å². The molecule has 3 aliphatic rings. The van der Waals surface area contributed by atoms with Gasteiger partial charge in [0.25, 0.3) is 0 Å². The molecule has 0 saturated carbocycles. The van der Waals surface area contributed by atoms with E-state index in [1.165, 1.54) is 0 Å². The molecular formula is C16H25NO3. The maximum Gasteiger partial charge on any atom is 0.249 e. The smallest absolute Gasteiger partial charge is 0.249 e. The Hall–Kier alpha value is -0.870. The van der Waals surface area contributed by atoms with Gasteiger partial charge in [-0.2, -0.15) is 0 Å². The van der Waals surface area contributed by atoms with Crippen molar-refractivity contribution in [1.82, 2.24) is 4.90 Å². The number of nitrogens with zero attached hydrogens (tertiary/aromatic N) is 1. The lowest BCUT2D eigenvalue weighted by atomic mass is 9.76. The summed E-state index contributed by atoms with van der Waals surface area (Å²) in [6, 6.07) is 0. The van der Waals surface area contributed by atoms with Crippen LogP contribution in [0.4, 0.5) is 0 Å². The second-order valence-electron chi connectivity index (χ2n) is 6.51. The first-order valence-corrected chi connectivity index (χ1v) is 7.81. The number of likely N-dealkylation sites (tertiary alicyclic amines) is 1. The van der Waals surface area contributed by atoms with Gasteiger partial charge < -0.3 is 14.4 Å². The molecule has 0 bridgehead atoms. The third kappa shape index (κ3) is 2.77. The first-order valence-electron chi connectivity index (χ1n) is 7.81. The van der Waals surface area contributed by atoms with E-state index < -0.39 is 0 Å². The highest BCUT2D eigenvalue weighted by Gasteiger charge is 2.43. The molecule has 3 rings (SSSR count). The first-order chi connectivity index (χ1) is 9.72. The number of hydrogen-bond donors (Lipinski definition) is 0. The van der Waals surface area contributed by atoms with Crippen LogP contribution in [0.1, 0.15) is 38.5 Å². The summed E-state index contributed by atoms with van der Waals surface area (Å²) in [4.78, 5) is 14.4. The van der Waals surface area contributed by atoms with Crippen LogP contribution in [0.5, 0.6) is 0 Å². The third-order valence-electron chi connectivity index (χ3n) is 5.07. The van der Waals surface area contributed by atoms with Crippen LogP contribution >= 0.6 is 0 Å². The van der Waals surface area contributed by atoms with E-state index in [4.69, 9.17) is 9.47 Å². The Labute approximate surface area is 121 Å². The summed E-state index contributed by atoms with van der Waals surface area (Å²) < 4.78 is 11.0. The summed E-state index contributed by atoms with van der Waals surface area (Å²) in [6.07, 6.45) is 8.81. The minimum absolute atomic E-state index is 0.250. The van der Waals surface area contributed by atoms with E-state index in [2.05, 4.69) is 6.08 Å². The van der Waals surface area contributed by atoms with Crippen molar-refractivity contribution in [3.05, 3.63) is 11.6 Å². The Morgan fingerprint density at radius 3 is 2.95 bits per heavy atom. The van der Waals surface area contributed by atoms with Crippen molar-refractivity contribution in [2.24, 2.45) is 5.41 Å². The van der Waals surface area contributed by atoms with Crippen LogP contribution in [0.25, 0.3) is 0 Å². The second kappa shape index (κ2) is 5.86. The van der Waals surface area contributed by atoms with Crippen molar-refractivity contribution >= 4 is 5.91 Å². The fourth-order valence-electron chi connectivity index (χ4n) is 3.79. The Balaban J connectivity index is 1.53. The van der Waals surface area contributed by atoms with Crippen molar-refractivity contribution in [1.29, 1.82) is 0 Å². The Morgan fingerprint density at radius 2 is 2.30 bits per heavy atom. The summed E-state index contributed by atoms with van der Waals surface area (Å²) in [5, 5.41) is 0. The van der Waals surface area contributed by atoms with Crippen molar-refractivity contribution in [2.75, 3.05) is 33.4 Å². The van der Waals surface area contributed by atoms with E-state index in [1.54, 1.807) is 7.11 Å². The highest BCUT2D eigenvalue weighted by Crippen LogP contribution is 2.42. The van der Waals surface area contributed by atoms with Gasteiger partial charge in [-0.05, 0) is 43.9 Å². The minimum atomic E-state index is 0.250. The highest BCUT2D eigenvalue weighted by molar-refractivity contribution is 5.93. The zero-order valence-electron chi connectivity index (χ0n) is 12.4. The number of ether oxygens (including phenoxy) is 2. The highest BCUT2D eigenvalue weighted by atomic mass is 16.5. The maximum absolute atomic E-state index is 12.4. The molecule has 1 amide bonds. The van der Waals surface area contributed by atoms with Gasteiger partial charge in [0.05, 0.1) is 19.3 Å². The number of carbonyl (C=O) groups excluding carboxylic acids is 1. The number of amides is 1. The lowest BCUT2D eigenvalue weighted by Crippen LogP contribution is -2.44. The fraction of sp³-hybridized carbons (Fsp3) is 0.812. The van der Waals surface area contributed by atoms with Gasteiger partial charge in [0.1, 0.15) is 0 Å². The molecule has 1 atom stereocenters. The predicted octanol–water partition coefficient (Wildman–Crippen LogP) is 2.14. The van der Waals surface area contributed by atoms with Crippen molar-refractivity contribution < 1.29 is 14.3 Å². The van der Waals surface area contributed by atoms with Gasteiger partial charge in [-0.3, -0.25) is 4.79 Å². The van der Waals surface area contributed by atoms with Gasteiger partial charge in [-0.1, -0.05) is 6.08 Å². The summed E-state index contributed by atoms with van der Waals surface area (Å²) >= 11 is 0. The predicted molar refractivity (Wildman–Crippen MR) is 76.4 cm³/mol. The van der Waals surface area contributed by atoms with Crippen LogP contribution in [0.3, 0.4) is 0 Å². The van der Waals surface area contributed by atoms with Crippen LogP contribution in [-0.4, -0.2) is 50.3 Å². The van der Waals surface area contributed by atoms with Gasteiger partial charge in [0, 0.05) is 25.8 Å². The SMILES string of the molecule is COC[C@@H]1CC2(CCN(C(=O)C3=CCCC3)CC2)CO1. The molecular weight excluding hydrogens is 254 g/mol. The lowest BCUT2D eigenvalue weighted by molar-refractivity contribution is -0.129. The molecule has 4 nitrogen and oxygen atoms in total. The van der Waals surface area contributed by atoms with Gasteiger partial charge in [0.15, 0.2) is 0 Å². The van der Waals surface area contributed by atoms with E-state index in [-0.39, 0.29) is 12.0 Å². The van der Waals surface area contributed by atoms with Gasteiger partial charge >= 0.3 is 0 Å². The zero-order chi connectivity index (χ0) is 14.0. The molecule has 0 aromatic carbocycles. The average Bonchev–Trinajstić information content (AvgIpc) is 3.10. The first kappa shape index (κ1) is 14.1. The molecule has 112 valence electrons.